The van der Waals surface area contributed by atoms with Crippen LogP contribution < -0.4 is 14.8 Å². The molecule has 8 heteroatoms. The van der Waals surface area contributed by atoms with Gasteiger partial charge in [-0.05, 0) is 50.1 Å². The Morgan fingerprint density at radius 3 is 2.77 bits per heavy atom. The number of nitro groups is 1. The summed E-state index contributed by atoms with van der Waals surface area (Å²) in [6.45, 7) is 4.00. The van der Waals surface area contributed by atoms with Crippen molar-refractivity contribution in [2.45, 2.75) is 32.2 Å². The maximum absolute atomic E-state index is 12.6. The van der Waals surface area contributed by atoms with Crippen LogP contribution in [0.4, 0.5) is 11.4 Å². The van der Waals surface area contributed by atoms with Crippen molar-refractivity contribution in [3.63, 3.8) is 0 Å². The lowest BCUT2D eigenvalue weighted by Crippen LogP contribution is -2.33. The minimum Gasteiger partial charge on any atom is -0.490 e. The monoisotopic (exact) mass is 411 g/mol. The number of carbonyl (C=O) groups excluding carboxylic acids is 1. The average molecular weight is 411 g/mol. The summed E-state index contributed by atoms with van der Waals surface area (Å²) in [5, 5.41) is 13.9. The van der Waals surface area contributed by atoms with E-state index in [1.54, 1.807) is 19.1 Å². The molecule has 158 valence electrons. The van der Waals surface area contributed by atoms with Gasteiger partial charge in [-0.15, -0.1) is 0 Å². The maximum Gasteiger partial charge on any atom is 0.274 e. The van der Waals surface area contributed by atoms with Gasteiger partial charge in [0.1, 0.15) is 0 Å². The van der Waals surface area contributed by atoms with Gasteiger partial charge in [-0.3, -0.25) is 19.8 Å². The smallest absolute Gasteiger partial charge is 0.274 e. The predicted octanol–water partition coefficient (Wildman–Crippen LogP) is 3.84. The number of carbonyl (C=O) groups is 1. The van der Waals surface area contributed by atoms with Crippen LogP contribution in [-0.4, -0.2) is 42.0 Å². The lowest BCUT2D eigenvalue weighted by atomic mass is 10.0. The van der Waals surface area contributed by atoms with Gasteiger partial charge in [0.05, 0.1) is 24.7 Å². The van der Waals surface area contributed by atoms with Crippen LogP contribution >= 0.6 is 0 Å². The second-order valence-electron chi connectivity index (χ2n) is 7.69. The maximum atomic E-state index is 12.6. The van der Waals surface area contributed by atoms with Crippen molar-refractivity contribution in [3.05, 3.63) is 57.6 Å². The van der Waals surface area contributed by atoms with Gasteiger partial charge in [0.25, 0.3) is 5.69 Å². The molecule has 0 saturated carbocycles. The summed E-state index contributed by atoms with van der Waals surface area (Å²) in [6, 6.07) is 10.9. The molecule has 1 amide bonds. The van der Waals surface area contributed by atoms with Crippen LogP contribution in [0.25, 0.3) is 0 Å². The molecule has 30 heavy (non-hydrogen) atoms. The van der Waals surface area contributed by atoms with Crippen LogP contribution in [0.2, 0.25) is 0 Å². The second kappa shape index (κ2) is 8.71. The van der Waals surface area contributed by atoms with Gasteiger partial charge in [-0.2, -0.15) is 0 Å². The number of likely N-dealkylation sites (tertiary alicyclic amines) is 1. The lowest BCUT2D eigenvalue weighted by molar-refractivity contribution is -0.385. The SMILES string of the molecule is Cc1ccc(NC(=O)CN2CCC[C@@H]2c2ccc3c(c2)OCCCO3)cc1[N+](=O)[O-]. The molecule has 2 aliphatic rings. The third kappa shape index (κ3) is 4.38. The van der Waals surface area contributed by atoms with Gasteiger partial charge in [0.15, 0.2) is 11.5 Å². The third-order valence-electron chi connectivity index (χ3n) is 5.56. The molecule has 1 atom stereocenters. The van der Waals surface area contributed by atoms with Crippen molar-refractivity contribution < 1.29 is 19.2 Å². The topological polar surface area (TPSA) is 93.9 Å². The summed E-state index contributed by atoms with van der Waals surface area (Å²) < 4.78 is 11.5. The Kier molecular flexibility index (Phi) is 5.85. The van der Waals surface area contributed by atoms with Crippen molar-refractivity contribution >= 4 is 17.3 Å². The Labute approximate surface area is 174 Å². The van der Waals surface area contributed by atoms with Crippen molar-refractivity contribution in [2.75, 3.05) is 31.6 Å². The zero-order valence-corrected chi connectivity index (χ0v) is 16.9. The molecule has 0 radical (unpaired) electrons. The van der Waals surface area contributed by atoms with Crippen LogP contribution in [0.15, 0.2) is 36.4 Å². The highest BCUT2D eigenvalue weighted by Gasteiger charge is 2.28. The van der Waals surface area contributed by atoms with Crippen molar-refractivity contribution in [1.82, 2.24) is 4.90 Å². The van der Waals surface area contributed by atoms with Crippen LogP contribution in [0, 0.1) is 17.0 Å². The minimum absolute atomic E-state index is 0.000884. The average Bonchev–Trinajstić information content (AvgIpc) is 3.04. The van der Waals surface area contributed by atoms with E-state index in [-0.39, 0.29) is 24.2 Å². The van der Waals surface area contributed by atoms with E-state index in [9.17, 15) is 14.9 Å². The highest BCUT2D eigenvalue weighted by atomic mass is 16.6. The van der Waals surface area contributed by atoms with Crippen LogP contribution in [0.3, 0.4) is 0 Å². The van der Waals surface area contributed by atoms with E-state index in [2.05, 4.69) is 10.2 Å². The zero-order chi connectivity index (χ0) is 21.1. The van der Waals surface area contributed by atoms with Gasteiger partial charge in [-0.1, -0.05) is 12.1 Å². The van der Waals surface area contributed by atoms with Gasteiger partial charge < -0.3 is 14.8 Å². The number of hydrogen-bond acceptors (Lipinski definition) is 6. The summed E-state index contributed by atoms with van der Waals surface area (Å²) in [7, 11) is 0. The van der Waals surface area contributed by atoms with E-state index in [0.29, 0.717) is 24.5 Å². The first kappa shape index (κ1) is 20.2. The van der Waals surface area contributed by atoms with E-state index < -0.39 is 4.92 Å². The molecule has 4 rings (SSSR count). The molecule has 2 aromatic carbocycles. The van der Waals surface area contributed by atoms with E-state index in [1.807, 2.05) is 18.2 Å². The molecule has 0 spiro atoms. The van der Waals surface area contributed by atoms with Crippen LogP contribution in [0.5, 0.6) is 11.5 Å². The summed E-state index contributed by atoms with van der Waals surface area (Å²) in [5.41, 5.74) is 2.10. The predicted molar refractivity (Wildman–Crippen MR) is 112 cm³/mol. The number of ether oxygens (including phenoxy) is 2. The number of nitrogens with one attached hydrogen (secondary N) is 1. The Balaban J connectivity index is 1.44. The summed E-state index contributed by atoms with van der Waals surface area (Å²) in [5.74, 6) is 1.34. The van der Waals surface area contributed by atoms with Gasteiger partial charge >= 0.3 is 0 Å². The number of aryl methyl sites for hydroxylation is 1. The number of rotatable bonds is 5. The number of amides is 1. The first-order valence-electron chi connectivity index (χ1n) is 10.2. The lowest BCUT2D eigenvalue weighted by Gasteiger charge is -2.25. The molecule has 2 aliphatic heterocycles. The largest absolute Gasteiger partial charge is 0.490 e. The molecule has 8 nitrogen and oxygen atoms in total. The molecule has 0 bridgehead atoms. The fourth-order valence-electron chi connectivity index (χ4n) is 4.05. The Morgan fingerprint density at radius 1 is 1.17 bits per heavy atom. The number of hydrogen-bond donors (Lipinski definition) is 1. The van der Waals surface area contributed by atoms with Gasteiger partial charge in [0, 0.05) is 29.8 Å². The van der Waals surface area contributed by atoms with Crippen molar-refractivity contribution in [1.29, 1.82) is 0 Å². The standard InChI is InChI=1S/C22H25N3O5/c1-15-5-7-17(13-19(15)25(27)28)23-22(26)14-24-9-2-4-18(24)16-6-8-20-21(12-16)30-11-3-10-29-20/h5-8,12-13,18H,2-4,9-11,14H2,1H3,(H,23,26)/t18-/m1/s1. The summed E-state index contributed by atoms with van der Waals surface area (Å²) in [4.78, 5) is 25.4. The highest BCUT2D eigenvalue weighted by Crippen LogP contribution is 2.37. The van der Waals surface area contributed by atoms with Gasteiger partial charge in [0.2, 0.25) is 5.91 Å². The normalized spacial score (nSPS) is 18.6. The number of anilines is 1. The van der Waals surface area contributed by atoms with E-state index in [0.717, 1.165) is 42.9 Å². The highest BCUT2D eigenvalue weighted by molar-refractivity contribution is 5.92. The molecular formula is C22H25N3O5. The Bertz CT molecular complexity index is 962. The molecule has 0 aromatic heterocycles. The minimum atomic E-state index is -0.439. The van der Waals surface area contributed by atoms with Crippen molar-refractivity contribution in [2.24, 2.45) is 0 Å². The summed E-state index contributed by atoms with van der Waals surface area (Å²) in [6.07, 6.45) is 2.82. The number of fused-ring (bicyclic) bond motifs is 1. The van der Waals surface area contributed by atoms with Crippen LogP contribution in [0.1, 0.15) is 36.4 Å². The number of benzene rings is 2. The number of nitrogens with zero attached hydrogens (tertiary/aromatic N) is 2. The molecule has 1 N–H and O–H groups in total. The quantitative estimate of drug-likeness (QED) is 0.593. The molecule has 0 aliphatic carbocycles. The molecule has 2 heterocycles. The third-order valence-corrected chi connectivity index (χ3v) is 5.56. The molecular weight excluding hydrogens is 386 g/mol. The molecule has 2 aromatic rings. The first-order chi connectivity index (χ1) is 14.5. The van der Waals surface area contributed by atoms with E-state index in [4.69, 9.17) is 9.47 Å². The van der Waals surface area contributed by atoms with Crippen molar-refractivity contribution in [3.8, 4) is 11.5 Å². The van der Waals surface area contributed by atoms with E-state index in [1.165, 1.54) is 6.07 Å². The fourth-order valence-corrected chi connectivity index (χ4v) is 4.05. The van der Waals surface area contributed by atoms with E-state index >= 15 is 0 Å². The molecule has 1 saturated heterocycles. The summed E-state index contributed by atoms with van der Waals surface area (Å²) >= 11 is 0. The fraction of sp³-hybridized carbons (Fsp3) is 0.409. The zero-order valence-electron chi connectivity index (χ0n) is 16.9. The number of nitro benzene ring substituents is 1. The Hall–Kier alpha value is -3.13. The molecule has 1 fully saturated rings. The Morgan fingerprint density at radius 2 is 1.97 bits per heavy atom. The molecule has 0 unspecified atom stereocenters. The second-order valence-corrected chi connectivity index (χ2v) is 7.69. The van der Waals surface area contributed by atoms with Crippen LogP contribution in [-0.2, 0) is 4.79 Å². The van der Waals surface area contributed by atoms with Gasteiger partial charge in [-0.25, -0.2) is 0 Å². The first-order valence-corrected chi connectivity index (χ1v) is 10.2.